The number of imidazole rings is 6. The molecular formula is C64H77ClN24O12S. The van der Waals surface area contributed by atoms with Crippen LogP contribution in [0.3, 0.4) is 0 Å². The number of nitrogens with one attached hydrogen (secondary N) is 10. The van der Waals surface area contributed by atoms with Crippen LogP contribution in [0.2, 0.25) is 5.02 Å². The molecule has 5 aliphatic rings. The number of thioether (sulfide) groups is 1. The zero-order chi connectivity index (χ0) is 72.5. The molecule has 1 saturated heterocycles. The number of nitrogens with zero attached hydrogens (tertiary/aromatic N) is 14. The zero-order valence-electron chi connectivity index (χ0n) is 56.6. The summed E-state index contributed by atoms with van der Waals surface area (Å²) in [6.07, 6.45) is 15.8. The van der Waals surface area contributed by atoms with Crippen molar-refractivity contribution in [3.05, 3.63) is 108 Å². The van der Waals surface area contributed by atoms with Crippen molar-refractivity contribution in [3.8, 4) is 0 Å². The lowest BCUT2D eigenvalue weighted by Crippen LogP contribution is -2.48. The molecule has 4 aliphatic carbocycles. The molecule has 4 saturated carbocycles. The molecule has 1 aliphatic heterocycles. The van der Waals surface area contributed by atoms with E-state index < -0.39 is 52.5 Å². The van der Waals surface area contributed by atoms with Crippen molar-refractivity contribution in [1.82, 2.24) is 88.8 Å². The molecule has 102 heavy (non-hydrogen) atoms. The Hall–Kier alpha value is -11.1. The van der Waals surface area contributed by atoms with Gasteiger partial charge < -0.3 is 85.3 Å². The van der Waals surface area contributed by atoms with Gasteiger partial charge in [-0.05, 0) is 79.5 Å². The van der Waals surface area contributed by atoms with Gasteiger partial charge in [0, 0.05) is 156 Å². The highest BCUT2D eigenvalue weighted by Crippen LogP contribution is 2.71. The first-order chi connectivity index (χ1) is 48.8. The van der Waals surface area contributed by atoms with E-state index in [-0.39, 0.29) is 153 Å². The third-order valence-electron chi connectivity index (χ3n) is 18.1. The Labute approximate surface area is 592 Å². The second-order valence-electron chi connectivity index (χ2n) is 25.3. The fourth-order valence-electron chi connectivity index (χ4n) is 13.2. The molecule has 538 valence electrons. The number of carbonyl (C=O) groups is 11. The van der Waals surface area contributed by atoms with Crippen LogP contribution in [0.5, 0.6) is 0 Å². The number of hydrogen-bond acceptors (Lipinski definition) is 20. The standard InChI is InChI=1S/C64H77ClN24O12S/c1-83-22-18-67-50(83)60(98)80-43-32-84(2)52(77-43)58(96)69-16-12-47(91)73-41-31-88(6)55(76-41)62(100)82-45-34-86(4)53(79-45)59(97)70-17-13-48(92)74-42-30-87(5)54(75-42)61(99)81-44-33-85(3)51(78-44)57(95)68-15-11-46(90)66-19-23-101-24-20-71-56(94)40-27-49(93)89(63(102-40)72-39-9-7-38(65)8-10-39)21-14-64-28-35-25-37(64)26-36(35)29-64/h7-10,18,22,30-37,40H,11-17,19-21,23-29H2,1-6H3,(H,66,90)(H,68,95)(H,69,96)(H,70,97)(H,71,94)(H,73,91)(H,74,92)(H,80,98)(H,81,99)(H,82,100). The topological polar surface area (TPSA) is 440 Å². The highest BCUT2D eigenvalue weighted by molar-refractivity contribution is 8.15. The van der Waals surface area contributed by atoms with Gasteiger partial charge in [-0.1, -0.05) is 23.4 Å². The van der Waals surface area contributed by atoms with Crippen molar-refractivity contribution in [2.75, 3.05) is 79.1 Å². The van der Waals surface area contributed by atoms with Crippen LogP contribution >= 0.6 is 23.4 Å². The van der Waals surface area contributed by atoms with Gasteiger partial charge in [0.2, 0.25) is 58.7 Å². The van der Waals surface area contributed by atoms with Crippen LogP contribution in [0.15, 0.2) is 72.6 Å². The highest BCUT2D eigenvalue weighted by Gasteiger charge is 2.62. The summed E-state index contributed by atoms with van der Waals surface area (Å²) < 4.78 is 14.0. The van der Waals surface area contributed by atoms with E-state index in [1.54, 1.807) is 56.5 Å². The predicted octanol–water partition coefficient (Wildman–Crippen LogP) is 2.23. The Kier molecular flexibility index (Phi) is 22.4. The number of aryl methyl sites for hydroxylation is 6. The second-order valence-corrected chi connectivity index (χ2v) is 26.9. The molecule has 7 heterocycles. The van der Waals surface area contributed by atoms with Gasteiger partial charge in [0.05, 0.1) is 24.2 Å². The SMILES string of the molecule is Cn1cc(NC(=O)c2nccn2C)nc1C(=O)NCCC(=O)Nc1cn(C)c(C(=O)Nc2cn(C)c(C(=O)NCCC(=O)Nc3cn(C)c(C(=O)Nc4cn(C)c(C(=O)NCCC(=O)NCCOCCNC(=O)C5CC(=O)N(CCC67CC8CC6CC8C7)C(=Nc6ccc(Cl)cc6)S5)n4)n3)n2)n1. The van der Waals surface area contributed by atoms with Gasteiger partial charge in [-0.15, -0.1) is 0 Å². The molecule has 3 unspecified atom stereocenters. The molecule has 0 spiro atoms. The molecule has 3 atom stereocenters. The maximum absolute atomic E-state index is 13.7. The number of amides is 11. The van der Waals surface area contributed by atoms with Crippen molar-refractivity contribution in [3.63, 3.8) is 0 Å². The van der Waals surface area contributed by atoms with Gasteiger partial charge in [0.15, 0.2) is 40.1 Å². The smallest absolute Gasteiger partial charge is 0.292 e. The lowest BCUT2D eigenvalue weighted by atomic mass is 9.78. The summed E-state index contributed by atoms with van der Waals surface area (Å²) in [6, 6.07) is 7.06. The molecule has 11 amide bonds. The van der Waals surface area contributed by atoms with Crippen LogP contribution in [0.4, 0.5) is 34.8 Å². The molecule has 10 N–H and O–H groups in total. The van der Waals surface area contributed by atoms with E-state index >= 15 is 0 Å². The van der Waals surface area contributed by atoms with Crippen molar-refractivity contribution in [2.45, 2.75) is 63.0 Å². The van der Waals surface area contributed by atoms with Gasteiger partial charge in [0.1, 0.15) is 0 Å². The maximum atomic E-state index is 13.7. The Bertz CT molecular complexity index is 4420. The first-order valence-electron chi connectivity index (χ1n) is 32.8. The molecule has 5 fully saturated rings. The van der Waals surface area contributed by atoms with E-state index in [1.807, 2.05) is 0 Å². The predicted molar refractivity (Wildman–Crippen MR) is 370 cm³/mol. The van der Waals surface area contributed by atoms with E-state index in [9.17, 15) is 52.7 Å². The van der Waals surface area contributed by atoms with E-state index in [2.05, 4.69) is 83.1 Å². The lowest BCUT2D eigenvalue weighted by Gasteiger charge is -2.35. The summed E-state index contributed by atoms with van der Waals surface area (Å²) in [5.41, 5.74) is 0.962. The third kappa shape index (κ3) is 17.4. The normalized spacial score (nSPS) is 18.3. The Morgan fingerprint density at radius 3 is 1.38 bits per heavy atom. The van der Waals surface area contributed by atoms with Crippen LogP contribution in [-0.2, 0) is 71.0 Å². The van der Waals surface area contributed by atoms with Gasteiger partial charge >= 0.3 is 0 Å². The summed E-state index contributed by atoms with van der Waals surface area (Å²) in [4.78, 5) is 175. The Balaban J connectivity index is 0.539. The average Bonchev–Trinajstić information content (AvgIpc) is 1.55. The first kappa shape index (κ1) is 72.2. The van der Waals surface area contributed by atoms with Crippen LogP contribution in [0.25, 0.3) is 0 Å². The second kappa shape index (κ2) is 31.6. The fourth-order valence-corrected chi connectivity index (χ4v) is 14.5. The number of rotatable bonds is 31. The van der Waals surface area contributed by atoms with Gasteiger partial charge in [-0.3, -0.25) is 57.6 Å². The summed E-state index contributed by atoms with van der Waals surface area (Å²) in [6.45, 7) is 0.995. The van der Waals surface area contributed by atoms with E-state index in [4.69, 9.17) is 21.3 Å². The maximum Gasteiger partial charge on any atom is 0.292 e. The summed E-state index contributed by atoms with van der Waals surface area (Å²) >= 11 is 7.42. The van der Waals surface area contributed by atoms with E-state index in [1.165, 1.54) is 123 Å². The number of aromatic nitrogens is 12. The fraction of sp³-hybridized carbons (Fsp3) is 0.438. The third-order valence-corrected chi connectivity index (χ3v) is 19.5. The largest absolute Gasteiger partial charge is 0.378 e. The van der Waals surface area contributed by atoms with Crippen molar-refractivity contribution >= 4 is 128 Å². The highest BCUT2D eigenvalue weighted by atomic mass is 35.5. The van der Waals surface area contributed by atoms with Crippen molar-refractivity contribution in [1.29, 1.82) is 0 Å². The average molecular weight is 1440 g/mol. The molecule has 1 aromatic carbocycles. The molecule has 7 aromatic rings. The molecule has 36 nitrogen and oxygen atoms in total. The first-order valence-corrected chi connectivity index (χ1v) is 34.1. The van der Waals surface area contributed by atoms with Crippen molar-refractivity contribution < 1.29 is 57.5 Å². The number of anilines is 5. The quantitative estimate of drug-likeness (QED) is 0.0279. The van der Waals surface area contributed by atoms with Gasteiger partial charge in [-0.25, -0.2) is 34.9 Å². The van der Waals surface area contributed by atoms with Gasteiger partial charge in [-0.2, -0.15) is 0 Å². The number of amidine groups is 1. The number of aliphatic imine (C=N–C) groups is 1. The number of benzene rings is 1. The molecule has 4 bridgehead atoms. The zero-order valence-corrected chi connectivity index (χ0v) is 58.2. The number of hydrogen-bond donors (Lipinski definition) is 10. The molecule has 38 heteroatoms. The van der Waals surface area contributed by atoms with Crippen LogP contribution < -0.4 is 53.2 Å². The minimum absolute atomic E-state index is 0.00641. The van der Waals surface area contributed by atoms with Crippen LogP contribution in [0.1, 0.15) is 122 Å². The molecule has 0 radical (unpaired) electrons. The minimum Gasteiger partial charge on any atom is -0.378 e. The number of carbonyl (C=O) groups excluding carboxylic acids is 11. The van der Waals surface area contributed by atoms with Crippen LogP contribution in [-0.4, -0.2) is 190 Å². The summed E-state index contributed by atoms with van der Waals surface area (Å²) in [5.74, 6) is -3.34. The van der Waals surface area contributed by atoms with Gasteiger partial charge in [0.25, 0.3) is 35.4 Å². The summed E-state index contributed by atoms with van der Waals surface area (Å²) in [5, 5.41) is 26.7. The molecule has 12 rings (SSSR count). The van der Waals surface area contributed by atoms with Crippen molar-refractivity contribution in [2.24, 2.45) is 70.4 Å². The monoisotopic (exact) mass is 1440 g/mol. The lowest BCUT2D eigenvalue weighted by molar-refractivity contribution is -0.130. The number of ether oxygens (including phenoxy) is 1. The minimum atomic E-state index is -0.721. The Morgan fingerprint density at radius 2 is 0.951 bits per heavy atom. The molecule has 6 aromatic heterocycles. The molecular weight excluding hydrogens is 1360 g/mol. The number of halogens is 1. The van der Waals surface area contributed by atoms with E-state index in [0.717, 1.165) is 24.2 Å². The Morgan fingerprint density at radius 1 is 0.529 bits per heavy atom. The van der Waals surface area contributed by atoms with E-state index in [0.29, 0.717) is 27.8 Å². The summed E-state index contributed by atoms with van der Waals surface area (Å²) in [7, 11) is 9.33. The van der Waals surface area contributed by atoms with Crippen LogP contribution in [0, 0.1) is 23.2 Å².